The smallest absolute Gasteiger partial charge is 0.336 e. The van der Waals surface area contributed by atoms with Crippen molar-refractivity contribution in [3.05, 3.63) is 81.2 Å². The monoisotopic (exact) mass is 404 g/mol. The second kappa shape index (κ2) is 7.13. The molecule has 1 aromatic heterocycles. The number of nitrogens with zero attached hydrogens (tertiary/aromatic N) is 1. The van der Waals surface area contributed by atoms with Gasteiger partial charge in [0.1, 0.15) is 11.1 Å². The van der Waals surface area contributed by atoms with Crippen LogP contribution in [0.25, 0.3) is 11.0 Å². The Hall–Kier alpha value is -3.41. The SMILES string of the molecule is Cc1cc2oc(=O)cc(CN3C(=O)NC(C)(c4ccccc4)C3=O)c2cc1C(C)C. The van der Waals surface area contributed by atoms with Crippen LogP contribution in [-0.2, 0) is 16.9 Å². The predicted molar refractivity (Wildman–Crippen MR) is 114 cm³/mol. The van der Waals surface area contributed by atoms with Crippen LogP contribution in [0.5, 0.6) is 0 Å². The van der Waals surface area contributed by atoms with Crippen molar-refractivity contribution in [1.29, 1.82) is 0 Å². The van der Waals surface area contributed by atoms with Crippen molar-refractivity contribution in [3.8, 4) is 0 Å². The number of fused-ring (bicyclic) bond motifs is 1. The average molecular weight is 404 g/mol. The van der Waals surface area contributed by atoms with Crippen molar-refractivity contribution >= 4 is 22.9 Å². The van der Waals surface area contributed by atoms with Crippen LogP contribution >= 0.6 is 0 Å². The molecule has 30 heavy (non-hydrogen) atoms. The number of imide groups is 1. The Morgan fingerprint density at radius 3 is 2.43 bits per heavy atom. The molecule has 6 heteroatoms. The molecule has 154 valence electrons. The average Bonchev–Trinajstić information content (AvgIpc) is 2.91. The number of hydrogen-bond donors (Lipinski definition) is 1. The first-order chi connectivity index (χ1) is 14.2. The van der Waals surface area contributed by atoms with E-state index in [1.807, 2.05) is 49.4 Å². The Morgan fingerprint density at radius 2 is 1.77 bits per heavy atom. The molecule has 1 saturated heterocycles. The fourth-order valence-electron chi connectivity index (χ4n) is 4.12. The number of hydrogen-bond acceptors (Lipinski definition) is 4. The molecule has 1 unspecified atom stereocenters. The van der Waals surface area contributed by atoms with E-state index < -0.39 is 17.2 Å². The summed E-state index contributed by atoms with van der Waals surface area (Å²) in [6.07, 6.45) is 0. The zero-order chi connectivity index (χ0) is 21.6. The van der Waals surface area contributed by atoms with Crippen LogP contribution in [0.15, 0.2) is 57.7 Å². The molecule has 3 amide bonds. The maximum Gasteiger partial charge on any atom is 0.336 e. The summed E-state index contributed by atoms with van der Waals surface area (Å²) in [6.45, 7) is 7.85. The van der Waals surface area contributed by atoms with Gasteiger partial charge in [-0.3, -0.25) is 9.69 Å². The molecule has 3 aromatic rings. The minimum absolute atomic E-state index is 0.00418. The summed E-state index contributed by atoms with van der Waals surface area (Å²) in [7, 11) is 0. The van der Waals surface area contributed by atoms with Gasteiger partial charge in [0.2, 0.25) is 0 Å². The maximum absolute atomic E-state index is 13.2. The van der Waals surface area contributed by atoms with Gasteiger partial charge >= 0.3 is 11.7 Å². The number of nitrogens with one attached hydrogen (secondary N) is 1. The van der Waals surface area contributed by atoms with Crippen LogP contribution in [0.4, 0.5) is 4.79 Å². The van der Waals surface area contributed by atoms with Gasteiger partial charge in [0.05, 0.1) is 6.54 Å². The minimum atomic E-state index is -1.15. The Bertz CT molecular complexity index is 1210. The highest BCUT2D eigenvalue weighted by Crippen LogP contribution is 2.32. The normalized spacial score (nSPS) is 19.0. The molecule has 0 saturated carbocycles. The predicted octanol–water partition coefficient (Wildman–Crippen LogP) is 4.19. The van der Waals surface area contributed by atoms with E-state index in [4.69, 9.17) is 4.42 Å². The number of amides is 3. The van der Waals surface area contributed by atoms with Gasteiger partial charge in [0.15, 0.2) is 0 Å². The molecule has 0 aliphatic carbocycles. The van der Waals surface area contributed by atoms with Gasteiger partial charge in [-0.1, -0.05) is 44.2 Å². The molecule has 2 aromatic carbocycles. The lowest BCUT2D eigenvalue weighted by Crippen LogP contribution is -2.40. The third-order valence-electron chi connectivity index (χ3n) is 5.79. The molecule has 0 spiro atoms. The molecule has 6 nitrogen and oxygen atoms in total. The van der Waals surface area contributed by atoms with E-state index in [2.05, 4.69) is 19.2 Å². The van der Waals surface area contributed by atoms with Crippen LogP contribution in [0, 0.1) is 6.92 Å². The number of carbonyl (C=O) groups is 2. The lowest BCUT2D eigenvalue weighted by Gasteiger charge is -2.22. The van der Waals surface area contributed by atoms with Gasteiger partial charge in [0, 0.05) is 11.5 Å². The summed E-state index contributed by atoms with van der Waals surface area (Å²) >= 11 is 0. The highest BCUT2D eigenvalue weighted by molar-refractivity contribution is 6.07. The number of aryl methyl sites for hydroxylation is 1. The van der Waals surface area contributed by atoms with E-state index in [1.165, 1.54) is 6.07 Å². The standard InChI is InChI=1S/C24H24N2O4/c1-14(2)18-12-19-16(11-21(27)30-20(19)10-15(18)3)13-26-22(28)24(4,25-23(26)29)17-8-6-5-7-9-17/h5-12,14H,13H2,1-4H3,(H,25,29). The molecule has 1 fully saturated rings. The van der Waals surface area contributed by atoms with E-state index in [-0.39, 0.29) is 18.4 Å². The molecular formula is C24H24N2O4. The second-order valence-electron chi connectivity index (χ2n) is 8.26. The quantitative estimate of drug-likeness (QED) is 0.522. The van der Waals surface area contributed by atoms with Crippen LogP contribution in [-0.4, -0.2) is 16.8 Å². The molecule has 0 bridgehead atoms. The molecule has 2 heterocycles. The molecule has 1 atom stereocenters. The van der Waals surface area contributed by atoms with Crippen molar-refractivity contribution in [2.45, 2.75) is 45.7 Å². The Kier molecular flexibility index (Phi) is 4.73. The van der Waals surface area contributed by atoms with Crippen LogP contribution in [0.2, 0.25) is 0 Å². The van der Waals surface area contributed by atoms with Gasteiger partial charge in [-0.2, -0.15) is 0 Å². The molecule has 4 rings (SSSR count). The first kappa shape index (κ1) is 19.9. The zero-order valence-corrected chi connectivity index (χ0v) is 17.5. The largest absolute Gasteiger partial charge is 0.423 e. The molecule has 1 aliphatic rings. The molecular weight excluding hydrogens is 380 g/mol. The van der Waals surface area contributed by atoms with Crippen molar-refractivity contribution < 1.29 is 14.0 Å². The summed E-state index contributed by atoms with van der Waals surface area (Å²) < 4.78 is 5.39. The first-order valence-electron chi connectivity index (χ1n) is 9.97. The summed E-state index contributed by atoms with van der Waals surface area (Å²) in [5.41, 5.74) is 2.26. The Labute approximate surface area is 174 Å². The van der Waals surface area contributed by atoms with Gasteiger partial charge in [-0.15, -0.1) is 0 Å². The fraction of sp³-hybridized carbons (Fsp3) is 0.292. The van der Waals surface area contributed by atoms with Crippen molar-refractivity contribution in [2.75, 3.05) is 0 Å². The third kappa shape index (κ3) is 3.18. The summed E-state index contributed by atoms with van der Waals surface area (Å²) in [6, 6.07) is 13.8. The van der Waals surface area contributed by atoms with Crippen molar-refractivity contribution in [2.24, 2.45) is 0 Å². The first-order valence-corrected chi connectivity index (χ1v) is 9.97. The molecule has 1 aliphatic heterocycles. The molecule has 0 radical (unpaired) electrons. The van der Waals surface area contributed by atoms with Crippen molar-refractivity contribution in [3.63, 3.8) is 0 Å². The number of carbonyl (C=O) groups excluding carboxylic acids is 2. The molecule has 1 N–H and O–H groups in total. The van der Waals surface area contributed by atoms with E-state index in [1.54, 1.807) is 6.92 Å². The lowest BCUT2D eigenvalue weighted by atomic mass is 9.92. The van der Waals surface area contributed by atoms with Gasteiger partial charge in [-0.25, -0.2) is 9.59 Å². The highest BCUT2D eigenvalue weighted by atomic mass is 16.4. The lowest BCUT2D eigenvalue weighted by molar-refractivity contribution is -0.131. The van der Waals surface area contributed by atoms with Gasteiger partial charge < -0.3 is 9.73 Å². The minimum Gasteiger partial charge on any atom is -0.423 e. The van der Waals surface area contributed by atoms with Crippen LogP contribution in [0.3, 0.4) is 0 Å². The Morgan fingerprint density at radius 1 is 1.07 bits per heavy atom. The Balaban J connectivity index is 1.77. The van der Waals surface area contributed by atoms with E-state index in [0.717, 1.165) is 21.4 Å². The number of urea groups is 1. The van der Waals surface area contributed by atoms with Crippen LogP contribution in [0.1, 0.15) is 48.9 Å². The topological polar surface area (TPSA) is 79.6 Å². The van der Waals surface area contributed by atoms with Gasteiger partial charge in [0.25, 0.3) is 5.91 Å². The fourth-order valence-corrected chi connectivity index (χ4v) is 4.12. The highest BCUT2D eigenvalue weighted by Gasteiger charge is 2.48. The van der Waals surface area contributed by atoms with E-state index in [9.17, 15) is 14.4 Å². The maximum atomic E-state index is 13.2. The van der Waals surface area contributed by atoms with E-state index >= 15 is 0 Å². The summed E-state index contributed by atoms with van der Waals surface area (Å²) in [5.74, 6) is -0.0662. The number of benzene rings is 2. The van der Waals surface area contributed by atoms with Crippen molar-refractivity contribution in [1.82, 2.24) is 10.2 Å². The number of rotatable bonds is 4. The summed E-state index contributed by atoms with van der Waals surface area (Å²) in [4.78, 5) is 39.3. The zero-order valence-electron chi connectivity index (χ0n) is 17.5. The van der Waals surface area contributed by atoms with Gasteiger partial charge in [-0.05, 0) is 54.2 Å². The van der Waals surface area contributed by atoms with E-state index in [0.29, 0.717) is 16.7 Å². The third-order valence-corrected chi connectivity index (χ3v) is 5.79. The second-order valence-corrected chi connectivity index (χ2v) is 8.26. The van der Waals surface area contributed by atoms with Crippen LogP contribution < -0.4 is 10.9 Å². The summed E-state index contributed by atoms with van der Waals surface area (Å²) in [5, 5.41) is 3.54.